The Morgan fingerprint density at radius 2 is 1.38 bits per heavy atom. The highest BCUT2D eigenvalue weighted by molar-refractivity contribution is 7.79. The van der Waals surface area contributed by atoms with Crippen LogP contribution in [0.15, 0.2) is 0 Å². The van der Waals surface area contributed by atoms with Crippen molar-refractivity contribution in [3.63, 3.8) is 0 Å². The lowest BCUT2D eigenvalue weighted by atomic mass is 9.45. The lowest BCUT2D eigenvalue weighted by Crippen LogP contribution is -2.54. The third-order valence-electron chi connectivity index (χ3n) is 8.59. The summed E-state index contributed by atoms with van der Waals surface area (Å²) in [6, 6.07) is 0. The molecule has 6 nitrogen and oxygen atoms in total. The zero-order valence-corrected chi connectivity index (χ0v) is 16.7. The predicted molar refractivity (Wildman–Crippen MR) is 97.9 cm³/mol. The Bertz CT molecular complexity index is 614. The zero-order chi connectivity index (χ0) is 19.3. The van der Waals surface area contributed by atoms with Gasteiger partial charge in [-0.1, -0.05) is 13.8 Å². The van der Waals surface area contributed by atoms with Gasteiger partial charge in [0.2, 0.25) is 0 Å². The topological polar surface area (TPSA) is 115 Å². The highest BCUT2D eigenvalue weighted by Crippen LogP contribution is 2.66. The molecule has 0 unspecified atom stereocenters. The molecule has 0 aromatic rings. The van der Waals surface area contributed by atoms with Gasteiger partial charge in [0, 0.05) is 0 Å². The molecule has 4 fully saturated rings. The molecule has 152 valence electrons. The van der Waals surface area contributed by atoms with Gasteiger partial charge < -0.3 is 10.2 Å². The molecule has 4 rings (SSSR count). The van der Waals surface area contributed by atoms with Gasteiger partial charge in [0.25, 0.3) is 0 Å². The summed E-state index contributed by atoms with van der Waals surface area (Å²) in [6.45, 7) is 4.90. The molecule has 26 heavy (non-hydrogen) atoms. The van der Waals surface area contributed by atoms with Crippen LogP contribution in [-0.2, 0) is 10.4 Å². The van der Waals surface area contributed by atoms with Crippen molar-refractivity contribution in [1.29, 1.82) is 0 Å². The predicted octanol–water partition coefficient (Wildman–Crippen LogP) is 3.10. The van der Waals surface area contributed by atoms with Crippen LogP contribution in [0.5, 0.6) is 0 Å². The van der Waals surface area contributed by atoms with Crippen molar-refractivity contribution in [2.75, 3.05) is 0 Å². The van der Waals surface area contributed by atoms with E-state index in [0.29, 0.717) is 5.41 Å². The first-order valence-corrected chi connectivity index (χ1v) is 11.4. The Hall–Kier alpha value is -0.210. The standard InChI is InChI=1S/C19H32O2.H2O4S/c1-18-9-7-13(20)11-12(18)3-4-14-15-5-6-17(21)19(15,2)10-8-16(14)18;1-5(2,3)4/h12-17,20-21H,3-11H2,1-2H3;(H2,1,2,3,4)/t12-,13-,14-,15-,16-,17-,18-,19-;/m0./s1. The summed E-state index contributed by atoms with van der Waals surface area (Å²) in [6.07, 6.45) is 10.7. The maximum Gasteiger partial charge on any atom is 0.394 e. The van der Waals surface area contributed by atoms with Crippen molar-refractivity contribution in [1.82, 2.24) is 0 Å². The van der Waals surface area contributed by atoms with E-state index in [9.17, 15) is 10.2 Å². The van der Waals surface area contributed by atoms with Gasteiger partial charge in [-0.15, -0.1) is 0 Å². The van der Waals surface area contributed by atoms with Gasteiger partial charge in [-0.2, -0.15) is 8.42 Å². The molecule has 0 amide bonds. The number of fused-ring (bicyclic) bond motifs is 5. The van der Waals surface area contributed by atoms with Crippen molar-refractivity contribution >= 4 is 10.4 Å². The smallest absolute Gasteiger partial charge is 0.393 e. The van der Waals surface area contributed by atoms with Crippen LogP contribution in [0, 0.1) is 34.5 Å². The van der Waals surface area contributed by atoms with Crippen molar-refractivity contribution in [3.8, 4) is 0 Å². The van der Waals surface area contributed by atoms with Gasteiger partial charge in [0.1, 0.15) is 0 Å². The molecule has 0 heterocycles. The molecule has 0 bridgehead atoms. The first-order chi connectivity index (χ1) is 11.9. The van der Waals surface area contributed by atoms with E-state index >= 15 is 0 Å². The number of hydrogen-bond acceptors (Lipinski definition) is 4. The molecule has 0 aliphatic heterocycles. The minimum atomic E-state index is -4.67. The maximum atomic E-state index is 10.5. The number of aliphatic hydroxyl groups is 2. The molecule has 0 radical (unpaired) electrons. The molecule has 0 aromatic carbocycles. The second-order valence-electron chi connectivity index (χ2n) is 9.67. The van der Waals surface area contributed by atoms with Crippen LogP contribution >= 0.6 is 0 Å². The number of rotatable bonds is 0. The third kappa shape index (κ3) is 3.70. The average Bonchev–Trinajstić information content (AvgIpc) is 2.82. The summed E-state index contributed by atoms with van der Waals surface area (Å²) in [7, 11) is -4.67. The molecular formula is C19H34O6S. The molecule has 4 aliphatic rings. The van der Waals surface area contributed by atoms with Gasteiger partial charge in [0.05, 0.1) is 12.2 Å². The summed E-state index contributed by atoms with van der Waals surface area (Å²) >= 11 is 0. The number of aliphatic hydroxyl groups excluding tert-OH is 2. The molecular weight excluding hydrogens is 356 g/mol. The minimum Gasteiger partial charge on any atom is -0.393 e. The van der Waals surface area contributed by atoms with Gasteiger partial charge in [-0.25, -0.2) is 0 Å². The van der Waals surface area contributed by atoms with Crippen molar-refractivity contribution in [2.45, 2.75) is 83.8 Å². The Labute approximate surface area is 157 Å². The normalized spacial score (nSPS) is 50.7. The van der Waals surface area contributed by atoms with Crippen LogP contribution in [0.4, 0.5) is 0 Å². The Morgan fingerprint density at radius 1 is 0.808 bits per heavy atom. The van der Waals surface area contributed by atoms with Crippen molar-refractivity contribution in [2.24, 2.45) is 34.5 Å². The van der Waals surface area contributed by atoms with Crippen LogP contribution in [0.3, 0.4) is 0 Å². The van der Waals surface area contributed by atoms with E-state index in [1.54, 1.807) is 0 Å². The van der Waals surface area contributed by atoms with E-state index in [1.807, 2.05) is 0 Å². The minimum absolute atomic E-state index is 0.0400. The van der Waals surface area contributed by atoms with Crippen LogP contribution in [-0.4, -0.2) is 39.9 Å². The summed E-state index contributed by atoms with van der Waals surface area (Å²) in [5, 5.41) is 20.5. The van der Waals surface area contributed by atoms with Crippen molar-refractivity contribution in [3.05, 3.63) is 0 Å². The molecule has 7 heteroatoms. The summed E-state index contributed by atoms with van der Waals surface area (Å²) in [5.74, 6) is 3.21. The Balaban J connectivity index is 0.000000349. The summed E-state index contributed by atoms with van der Waals surface area (Å²) < 4.78 is 31.6. The summed E-state index contributed by atoms with van der Waals surface area (Å²) in [5.41, 5.74) is 0.676. The quantitative estimate of drug-likeness (QED) is 0.473. The van der Waals surface area contributed by atoms with E-state index in [4.69, 9.17) is 17.5 Å². The van der Waals surface area contributed by atoms with Crippen LogP contribution in [0.2, 0.25) is 0 Å². The van der Waals surface area contributed by atoms with Crippen LogP contribution in [0.1, 0.15) is 71.6 Å². The van der Waals surface area contributed by atoms with Crippen LogP contribution in [0.25, 0.3) is 0 Å². The fraction of sp³-hybridized carbons (Fsp3) is 1.00. The second-order valence-corrected chi connectivity index (χ2v) is 10.6. The maximum absolute atomic E-state index is 10.5. The van der Waals surface area contributed by atoms with E-state index in [0.717, 1.165) is 42.9 Å². The van der Waals surface area contributed by atoms with E-state index in [2.05, 4.69) is 13.8 Å². The van der Waals surface area contributed by atoms with Gasteiger partial charge in [-0.05, 0) is 92.3 Å². The van der Waals surface area contributed by atoms with Gasteiger partial charge >= 0.3 is 10.4 Å². The third-order valence-corrected chi connectivity index (χ3v) is 8.59. The van der Waals surface area contributed by atoms with Gasteiger partial charge in [-0.3, -0.25) is 9.11 Å². The van der Waals surface area contributed by atoms with Crippen molar-refractivity contribution < 1.29 is 27.7 Å². The molecule has 4 N–H and O–H groups in total. The monoisotopic (exact) mass is 390 g/mol. The van der Waals surface area contributed by atoms with Crippen LogP contribution < -0.4 is 0 Å². The first kappa shape index (κ1) is 20.5. The molecule has 0 saturated heterocycles. The van der Waals surface area contributed by atoms with E-state index < -0.39 is 10.4 Å². The van der Waals surface area contributed by atoms with E-state index in [-0.39, 0.29) is 17.6 Å². The Morgan fingerprint density at radius 3 is 2.04 bits per heavy atom. The fourth-order valence-corrected chi connectivity index (χ4v) is 7.21. The SMILES string of the molecule is C[C@]12CC[C@H](O)C[C@@H]1CC[C@@H]1[C@@H]2CC[C@]2(C)[C@@H](O)CC[C@@H]12.O=S(=O)(O)O. The average molecular weight is 391 g/mol. The fourth-order valence-electron chi connectivity index (χ4n) is 7.21. The van der Waals surface area contributed by atoms with Gasteiger partial charge in [0.15, 0.2) is 0 Å². The zero-order valence-electron chi connectivity index (χ0n) is 15.8. The lowest BCUT2D eigenvalue weighted by molar-refractivity contribution is -0.133. The second kappa shape index (κ2) is 6.99. The molecule has 0 aromatic heterocycles. The molecule has 8 atom stereocenters. The first-order valence-electron chi connectivity index (χ1n) is 10.0. The van der Waals surface area contributed by atoms with E-state index in [1.165, 1.54) is 38.5 Å². The summed E-state index contributed by atoms with van der Waals surface area (Å²) in [4.78, 5) is 0. The highest BCUT2D eigenvalue weighted by atomic mass is 32.3. The molecule has 4 aliphatic carbocycles. The molecule has 0 spiro atoms. The molecule has 4 saturated carbocycles. The lowest BCUT2D eigenvalue weighted by Gasteiger charge is -2.60. The highest BCUT2D eigenvalue weighted by Gasteiger charge is 2.59. The largest absolute Gasteiger partial charge is 0.394 e. The Kier molecular flexibility index (Phi) is 5.52. The number of hydrogen-bond donors (Lipinski definition) is 4.